The number of imidazole rings is 1. The lowest BCUT2D eigenvalue weighted by atomic mass is 9.98. The lowest BCUT2D eigenvalue weighted by molar-refractivity contribution is -0.133. The summed E-state index contributed by atoms with van der Waals surface area (Å²) >= 11 is 0. The van der Waals surface area contributed by atoms with Crippen molar-refractivity contribution < 1.29 is 4.79 Å². The number of amides is 1. The van der Waals surface area contributed by atoms with Crippen molar-refractivity contribution in [2.24, 2.45) is 5.92 Å². The van der Waals surface area contributed by atoms with Crippen molar-refractivity contribution in [3.63, 3.8) is 0 Å². The number of H-pyrrole nitrogens is 2. The molecular formula is C32H32N4O2. The van der Waals surface area contributed by atoms with Gasteiger partial charge in [-0.15, -0.1) is 0 Å². The number of carbonyl (C=O) groups is 1. The van der Waals surface area contributed by atoms with Crippen LogP contribution in [0.4, 0.5) is 0 Å². The third-order valence-electron chi connectivity index (χ3n) is 7.99. The van der Waals surface area contributed by atoms with Crippen molar-refractivity contribution in [2.45, 2.75) is 45.6 Å². The second-order valence-electron chi connectivity index (χ2n) is 10.6. The van der Waals surface area contributed by atoms with E-state index in [4.69, 9.17) is 0 Å². The largest absolute Gasteiger partial charge is 0.356 e. The Morgan fingerprint density at radius 1 is 1.03 bits per heavy atom. The first-order valence-corrected chi connectivity index (χ1v) is 13.5. The molecule has 192 valence electrons. The third-order valence-corrected chi connectivity index (χ3v) is 7.99. The third kappa shape index (κ3) is 4.51. The van der Waals surface area contributed by atoms with Crippen molar-refractivity contribution in [1.29, 1.82) is 0 Å². The summed E-state index contributed by atoms with van der Waals surface area (Å²) in [5, 5.41) is 2.95. The highest BCUT2D eigenvalue weighted by Crippen LogP contribution is 2.33. The van der Waals surface area contributed by atoms with E-state index in [-0.39, 0.29) is 17.4 Å². The first-order valence-electron chi connectivity index (χ1n) is 13.5. The average molecular weight is 505 g/mol. The molecule has 5 aromatic rings. The molecule has 2 N–H and O–H groups in total. The molecule has 1 aliphatic rings. The number of likely N-dealkylation sites (tertiary alicyclic amines) is 1. The molecule has 2 aromatic heterocycles. The zero-order chi connectivity index (χ0) is 26.2. The number of pyridine rings is 1. The minimum Gasteiger partial charge on any atom is -0.356 e. The van der Waals surface area contributed by atoms with Gasteiger partial charge >= 0.3 is 0 Å². The first-order chi connectivity index (χ1) is 18.5. The van der Waals surface area contributed by atoms with Gasteiger partial charge in [-0.05, 0) is 64.9 Å². The standard InChI is InChI=1S/C32H32N4O2/c1-3-20(2)13-32(38)36-12-4-5-30(36)28-17-31(37)26-16-24(10-11-27(26)35-28)22-6-7-23-15-25(9-8-21(23)14-22)29-18-33-19-34-29/h6-11,14-20,30H,3-5,12-13H2,1-2H3,(H,33,34)(H,35,37). The molecule has 1 saturated heterocycles. The van der Waals surface area contributed by atoms with Crippen LogP contribution >= 0.6 is 0 Å². The normalized spacial score (nSPS) is 16.4. The van der Waals surface area contributed by atoms with Crippen LogP contribution in [-0.4, -0.2) is 32.3 Å². The highest BCUT2D eigenvalue weighted by molar-refractivity contribution is 5.92. The van der Waals surface area contributed by atoms with E-state index < -0.39 is 0 Å². The van der Waals surface area contributed by atoms with Crippen LogP contribution in [-0.2, 0) is 4.79 Å². The zero-order valence-electron chi connectivity index (χ0n) is 21.8. The van der Waals surface area contributed by atoms with E-state index in [9.17, 15) is 9.59 Å². The highest BCUT2D eigenvalue weighted by atomic mass is 16.2. The van der Waals surface area contributed by atoms with Gasteiger partial charge in [0.15, 0.2) is 5.43 Å². The molecule has 0 bridgehead atoms. The fraction of sp³-hybridized carbons (Fsp3) is 0.281. The van der Waals surface area contributed by atoms with Crippen LogP contribution in [0, 0.1) is 5.92 Å². The summed E-state index contributed by atoms with van der Waals surface area (Å²) in [6.07, 6.45) is 6.90. The summed E-state index contributed by atoms with van der Waals surface area (Å²) in [5.74, 6) is 0.553. The van der Waals surface area contributed by atoms with Crippen LogP contribution in [0.25, 0.3) is 44.1 Å². The maximum Gasteiger partial charge on any atom is 0.223 e. The van der Waals surface area contributed by atoms with E-state index in [1.165, 1.54) is 0 Å². The van der Waals surface area contributed by atoms with Crippen molar-refractivity contribution in [3.05, 3.63) is 89.1 Å². The van der Waals surface area contributed by atoms with Gasteiger partial charge in [0.1, 0.15) is 0 Å². The number of rotatable bonds is 6. The van der Waals surface area contributed by atoms with Crippen LogP contribution in [0.2, 0.25) is 0 Å². The van der Waals surface area contributed by atoms with Gasteiger partial charge in [0.2, 0.25) is 5.91 Å². The van der Waals surface area contributed by atoms with Crippen molar-refractivity contribution in [1.82, 2.24) is 19.9 Å². The summed E-state index contributed by atoms with van der Waals surface area (Å²) < 4.78 is 0. The zero-order valence-corrected chi connectivity index (χ0v) is 21.8. The van der Waals surface area contributed by atoms with E-state index in [0.717, 1.165) is 70.2 Å². The fourth-order valence-corrected chi connectivity index (χ4v) is 5.58. The molecule has 3 aromatic carbocycles. The van der Waals surface area contributed by atoms with Crippen LogP contribution in [0.15, 0.2) is 78.0 Å². The van der Waals surface area contributed by atoms with Crippen molar-refractivity contribution in [2.75, 3.05) is 6.54 Å². The highest BCUT2D eigenvalue weighted by Gasteiger charge is 2.31. The summed E-state index contributed by atoms with van der Waals surface area (Å²) in [7, 11) is 0. The number of carbonyl (C=O) groups excluding carboxylic acids is 1. The summed E-state index contributed by atoms with van der Waals surface area (Å²) in [6, 6.07) is 20.4. The maximum absolute atomic E-state index is 13.3. The van der Waals surface area contributed by atoms with E-state index >= 15 is 0 Å². The van der Waals surface area contributed by atoms with Crippen LogP contribution in [0.1, 0.15) is 51.3 Å². The van der Waals surface area contributed by atoms with E-state index in [2.05, 4.69) is 71.3 Å². The van der Waals surface area contributed by atoms with Gasteiger partial charge in [0, 0.05) is 41.2 Å². The Kier molecular flexibility index (Phi) is 6.32. The Morgan fingerprint density at radius 3 is 2.53 bits per heavy atom. The number of nitrogens with one attached hydrogen (secondary N) is 2. The molecule has 3 heterocycles. The molecule has 6 heteroatoms. The molecule has 38 heavy (non-hydrogen) atoms. The topological polar surface area (TPSA) is 81.8 Å². The smallest absolute Gasteiger partial charge is 0.223 e. The summed E-state index contributed by atoms with van der Waals surface area (Å²) in [5.41, 5.74) is 5.78. The van der Waals surface area contributed by atoms with Gasteiger partial charge in [-0.3, -0.25) is 9.59 Å². The van der Waals surface area contributed by atoms with Crippen LogP contribution in [0.3, 0.4) is 0 Å². The Bertz CT molecular complexity index is 1690. The molecule has 0 saturated carbocycles. The first kappa shape index (κ1) is 24.2. The lowest BCUT2D eigenvalue weighted by Gasteiger charge is -2.26. The average Bonchev–Trinajstić information content (AvgIpc) is 3.65. The Morgan fingerprint density at radius 2 is 1.76 bits per heavy atom. The fourth-order valence-electron chi connectivity index (χ4n) is 5.58. The van der Waals surface area contributed by atoms with Crippen LogP contribution < -0.4 is 5.43 Å². The predicted molar refractivity (Wildman–Crippen MR) is 153 cm³/mol. The Hall–Kier alpha value is -4.19. The van der Waals surface area contributed by atoms with E-state index in [0.29, 0.717) is 17.7 Å². The number of nitrogens with zero attached hydrogens (tertiary/aromatic N) is 2. The minimum atomic E-state index is -0.0597. The second kappa shape index (κ2) is 9.93. The molecule has 0 spiro atoms. The molecule has 0 aliphatic carbocycles. The van der Waals surface area contributed by atoms with Crippen molar-refractivity contribution in [3.8, 4) is 22.4 Å². The van der Waals surface area contributed by atoms with E-state index in [1.807, 2.05) is 23.2 Å². The SMILES string of the molecule is CCC(C)CC(=O)N1CCCC1c1cc(=O)c2cc(-c3ccc4cc(-c5cnc[nH]5)ccc4c3)ccc2[nH]1. The number of benzene rings is 3. The van der Waals surface area contributed by atoms with Gasteiger partial charge in [-0.2, -0.15) is 0 Å². The molecule has 6 nitrogen and oxygen atoms in total. The Balaban J connectivity index is 1.30. The molecule has 2 atom stereocenters. The molecule has 2 unspecified atom stereocenters. The number of fused-ring (bicyclic) bond motifs is 2. The molecule has 1 fully saturated rings. The molecular weight excluding hydrogens is 472 g/mol. The van der Waals surface area contributed by atoms with Crippen molar-refractivity contribution >= 4 is 27.6 Å². The number of aromatic amines is 2. The molecule has 1 aliphatic heterocycles. The van der Waals surface area contributed by atoms with Gasteiger partial charge in [-0.1, -0.05) is 50.6 Å². The monoisotopic (exact) mass is 504 g/mol. The van der Waals surface area contributed by atoms with Gasteiger partial charge in [0.05, 0.1) is 24.3 Å². The van der Waals surface area contributed by atoms with Gasteiger partial charge < -0.3 is 14.9 Å². The van der Waals surface area contributed by atoms with Gasteiger partial charge in [0.25, 0.3) is 0 Å². The number of aromatic nitrogens is 3. The quantitative estimate of drug-likeness (QED) is 0.266. The minimum absolute atomic E-state index is 0.0122. The summed E-state index contributed by atoms with van der Waals surface area (Å²) in [6.45, 7) is 4.99. The predicted octanol–water partition coefficient (Wildman–Crippen LogP) is 6.84. The van der Waals surface area contributed by atoms with E-state index in [1.54, 1.807) is 12.4 Å². The Labute approximate surface area is 221 Å². The number of hydrogen-bond acceptors (Lipinski definition) is 3. The summed E-state index contributed by atoms with van der Waals surface area (Å²) in [4.78, 5) is 38.9. The van der Waals surface area contributed by atoms with Gasteiger partial charge in [-0.25, -0.2) is 4.98 Å². The molecule has 6 rings (SSSR count). The molecule has 1 amide bonds. The number of hydrogen-bond donors (Lipinski definition) is 2. The lowest BCUT2D eigenvalue weighted by Crippen LogP contribution is -2.32. The maximum atomic E-state index is 13.3. The molecule has 0 radical (unpaired) electrons. The van der Waals surface area contributed by atoms with Crippen LogP contribution in [0.5, 0.6) is 0 Å². The second-order valence-corrected chi connectivity index (χ2v) is 10.6.